The van der Waals surface area contributed by atoms with Crippen LogP contribution in [0.5, 0.6) is 0 Å². The number of nitrogens with zero attached hydrogens (tertiary/aromatic N) is 3. The highest BCUT2D eigenvalue weighted by molar-refractivity contribution is 5.44. The lowest BCUT2D eigenvalue weighted by molar-refractivity contribution is 0.0732. The lowest BCUT2D eigenvalue weighted by Gasteiger charge is -2.31. The fraction of sp³-hybridized carbons (Fsp3) is 0.375. The van der Waals surface area contributed by atoms with Crippen LogP contribution in [0, 0.1) is 0 Å². The van der Waals surface area contributed by atoms with Crippen molar-refractivity contribution in [2.75, 3.05) is 17.7 Å². The van der Waals surface area contributed by atoms with Gasteiger partial charge in [0.15, 0.2) is 0 Å². The molecule has 3 N–H and O–H groups in total. The van der Waals surface area contributed by atoms with Crippen molar-refractivity contribution in [3.63, 3.8) is 0 Å². The first-order chi connectivity index (χ1) is 10.1. The van der Waals surface area contributed by atoms with Gasteiger partial charge in [-0.25, -0.2) is 4.98 Å². The highest BCUT2D eigenvalue weighted by atomic mass is 16.3. The molecule has 0 unspecified atom stereocenters. The summed E-state index contributed by atoms with van der Waals surface area (Å²) in [6.07, 6.45) is 1.33. The normalized spacial score (nSPS) is 20.9. The molecule has 1 aliphatic carbocycles. The van der Waals surface area contributed by atoms with Crippen LogP contribution < -0.4 is 10.6 Å². The average Bonchev–Trinajstić information content (AvgIpc) is 2.44. The van der Waals surface area contributed by atoms with E-state index in [0.29, 0.717) is 11.9 Å². The topological polar surface area (TPSA) is 75.3 Å². The van der Waals surface area contributed by atoms with Gasteiger partial charge in [0.25, 0.3) is 0 Å². The fourth-order valence-corrected chi connectivity index (χ4v) is 2.64. The van der Waals surface area contributed by atoms with E-state index in [9.17, 15) is 5.11 Å². The summed E-state index contributed by atoms with van der Waals surface area (Å²) < 4.78 is 0. The van der Waals surface area contributed by atoms with Crippen molar-refractivity contribution in [3.05, 3.63) is 47.7 Å². The summed E-state index contributed by atoms with van der Waals surface area (Å²) in [6.45, 7) is 0.768. The van der Waals surface area contributed by atoms with Crippen LogP contribution in [0.3, 0.4) is 0 Å². The van der Waals surface area contributed by atoms with Crippen LogP contribution in [0.4, 0.5) is 11.8 Å². The molecular weight excluding hydrogens is 264 g/mol. The van der Waals surface area contributed by atoms with Gasteiger partial charge in [-0.05, 0) is 18.4 Å². The Morgan fingerprint density at radius 1 is 1.24 bits per heavy atom. The molecule has 3 rings (SSSR count). The summed E-state index contributed by atoms with van der Waals surface area (Å²) in [5.74, 6) is 1.42. The van der Waals surface area contributed by atoms with Gasteiger partial charge >= 0.3 is 0 Å². The van der Waals surface area contributed by atoms with Crippen molar-refractivity contribution < 1.29 is 5.11 Å². The van der Waals surface area contributed by atoms with Crippen LogP contribution in [-0.4, -0.2) is 28.2 Å². The van der Waals surface area contributed by atoms with Gasteiger partial charge < -0.3 is 15.7 Å². The van der Waals surface area contributed by atoms with Crippen LogP contribution in [0.1, 0.15) is 30.0 Å². The molecule has 1 fully saturated rings. The second kappa shape index (κ2) is 5.69. The first-order valence-electron chi connectivity index (χ1n) is 7.19. The van der Waals surface area contributed by atoms with Crippen LogP contribution in [0.25, 0.3) is 0 Å². The van der Waals surface area contributed by atoms with E-state index in [0.717, 1.165) is 30.9 Å². The molecular formula is C16H20N4O. The average molecular weight is 284 g/mol. The van der Waals surface area contributed by atoms with E-state index >= 15 is 0 Å². The summed E-state index contributed by atoms with van der Waals surface area (Å²) in [6, 6.07) is 12.2. The third-order valence-corrected chi connectivity index (χ3v) is 3.93. The third kappa shape index (κ3) is 3.13. The maximum absolute atomic E-state index is 9.44. The Morgan fingerprint density at radius 2 is 1.95 bits per heavy atom. The third-order valence-electron chi connectivity index (χ3n) is 3.93. The van der Waals surface area contributed by atoms with E-state index in [4.69, 9.17) is 5.73 Å². The Morgan fingerprint density at radius 3 is 2.62 bits per heavy atom. The molecule has 1 aliphatic rings. The van der Waals surface area contributed by atoms with E-state index in [1.165, 1.54) is 5.56 Å². The maximum atomic E-state index is 9.44. The molecule has 0 bridgehead atoms. The minimum Gasteiger partial charge on any atom is -0.393 e. The van der Waals surface area contributed by atoms with E-state index < -0.39 is 0 Å². The fourth-order valence-electron chi connectivity index (χ4n) is 2.64. The van der Waals surface area contributed by atoms with Crippen molar-refractivity contribution in [3.8, 4) is 0 Å². The van der Waals surface area contributed by atoms with Crippen molar-refractivity contribution in [1.82, 2.24) is 9.97 Å². The SMILES string of the molecule is CN(Cc1ccccc1)c1cc(C2CC(O)C2)nc(N)n1. The number of nitrogen functional groups attached to an aromatic ring is 1. The Kier molecular flexibility index (Phi) is 3.75. The second-order valence-electron chi connectivity index (χ2n) is 5.67. The van der Waals surface area contributed by atoms with Crippen LogP contribution in [-0.2, 0) is 6.54 Å². The van der Waals surface area contributed by atoms with Crippen molar-refractivity contribution in [1.29, 1.82) is 0 Å². The molecule has 0 atom stereocenters. The smallest absolute Gasteiger partial charge is 0.222 e. The minimum atomic E-state index is -0.198. The summed E-state index contributed by atoms with van der Waals surface area (Å²) >= 11 is 0. The zero-order valence-corrected chi connectivity index (χ0v) is 12.1. The zero-order valence-electron chi connectivity index (χ0n) is 12.1. The van der Waals surface area contributed by atoms with Gasteiger partial charge in [-0.15, -0.1) is 0 Å². The largest absolute Gasteiger partial charge is 0.393 e. The Hall–Kier alpha value is -2.14. The molecule has 1 saturated carbocycles. The highest BCUT2D eigenvalue weighted by Crippen LogP contribution is 2.36. The quantitative estimate of drug-likeness (QED) is 0.897. The van der Waals surface area contributed by atoms with Gasteiger partial charge in [0.1, 0.15) is 5.82 Å². The summed E-state index contributed by atoms with van der Waals surface area (Å²) in [5, 5.41) is 9.44. The number of benzene rings is 1. The molecule has 0 saturated heterocycles. The summed E-state index contributed by atoms with van der Waals surface area (Å²) in [4.78, 5) is 10.7. The van der Waals surface area contributed by atoms with Gasteiger partial charge in [-0.3, -0.25) is 0 Å². The molecule has 1 heterocycles. The summed E-state index contributed by atoms with van der Waals surface area (Å²) in [5.41, 5.74) is 7.98. The molecule has 0 aliphatic heterocycles. The van der Waals surface area contributed by atoms with Crippen molar-refractivity contribution >= 4 is 11.8 Å². The maximum Gasteiger partial charge on any atom is 0.222 e. The molecule has 5 nitrogen and oxygen atoms in total. The molecule has 5 heteroatoms. The highest BCUT2D eigenvalue weighted by Gasteiger charge is 2.30. The number of anilines is 2. The first kappa shape index (κ1) is 13.8. The van der Waals surface area contributed by atoms with Crippen molar-refractivity contribution in [2.45, 2.75) is 31.4 Å². The number of aliphatic hydroxyl groups is 1. The molecule has 21 heavy (non-hydrogen) atoms. The van der Waals surface area contributed by atoms with Crippen LogP contribution >= 0.6 is 0 Å². The molecule has 1 aromatic carbocycles. The lowest BCUT2D eigenvalue weighted by Crippen LogP contribution is -2.28. The van der Waals surface area contributed by atoms with E-state index in [1.807, 2.05) is 31.3 Å². The second-order valence-corrected chi connectivity index (χ2v) is 5.67. The number of hydrogen-bond donors (Lipinski definition) is 2. The summed E-state index contributed by atoms with van der Waals surface area (Å²) in [7, 11) is 1.99. The predicted octanol–water partition coefficient (Wildman–Crippen LogP) is 1.93. The van der Waals surface area contributed by atoms with Gasteiger partial charge in [-0.2, -0.15) is 4.98 Å². The molecule has 110 valence electrons. The lowest BCUT2D eigenvalue weighted by atomic mass is 9.80. The van der Waals surface area contributed by atoms with Crippen LogP contribution in [0.15, 0.2) is 36.4 Å². The molecule has 2 aromatic rings. The minimum absolute atomic E-state index is 0.198. The number of aliphatic hydroxyl groups excluding tert-OH is 1. The standard InChI is InChI=1S/C16H20N4O/c1-20(10-11-5-3-2-4-6-11)15-9-14(18-16(17)19-15)12-7-13(21)8-12/h2-6,9,12-13,21H,7-8,10H2,1H3,(H2,17,18,19). The van der Waals surface area contributed by atoms with Gasteiger partial charge in [0, 0.05) is 25.6 Å². The van der Waals surface area contributed by atoms with Gasteiger partial charge in [0.05, 0.1) is 11.8 Å². The first-order valence-corrected chi connectivity index (χ1v) is 7.19. The van der Waals surface area contributed by atoms with E-state index in [-0.39, 0.29) is 6.10 Å². The number of nitrogens with two attached hydrogens (primary N) is 1. The monoisotopic (exact) mass is 284 g/mol. The molecule has 0 spiro atoms. The van der Waals surface area contributed by atoms with E-state index in [2.05, 4.69) is 27.0 Å². The predicted molar refractivity (Wildman–Crippen MR) is 83.0 cm³/mol. The zero-order chi connectivity index (χ0) is 14.8. The molecule has 1 aromatic heterocycles. The van der Waals surface area contributed by atoms with Gasteiger partial charge in [-0.1, -0.05) is 30.3 Å². The Bertz CT molecular complexity index is 611. The van der Waals surface area contributed by atoms with Gasteiger partial charge in [0.2, 0.25) is 5.95 Å². The Labute approximate surface area is 124 Å². The Balaban J connectivity index is 1.78. The number of rotatable bonds is 4. The van der Waals surface area contributed by atoms with Crippen molar-refractivity contribution in [2.24, 2.45) is 0 Å². The number of aromatic nitrogens is 2. The number of hydrogen-bond acceptors (Lipinski definition) is 5. The molecule has 0 amide bonds. The molecule has 0 radical (unpaired) electrons. The van der Waals surface area contributed by atoms with Crippen LogP contribution in [0.2, 0.25) is 0 Å². The van der Waals surface area contributed by atoms with E-state index in [1.54, 1.807) is 0 Å².